The third kappa shape index (κ3) is 1.95. The van der Waals surface area contributed by atoms with Crippen LogP contribution in [-0.4, -0.2) is 15.1 Å². The molecule has 16 heavy (non-hydrogen) atoms. The third-order valence-corrected chi connectivity index (χ3v) is 2.32. The summed E-state index contributed by atoms with van der Waals surface area (Å²) in [5, 5.41) is 6.77. The first kappa shape index (κ1) is 10.4. The van der Waals surface area contributed by atoms with Crippen LogP contribution < -0.4 is 10.9 Å². The second-order valence-electron chi connectivity index (χ2n) is 3.42. The number of nitrogens with one attached hydrogen (secondary N) is 2. The first-order valence-corrected chi connectivity index (χ1v) is 4.88. The van der Waals surface area contributed by atoms with Crippen molar-refractivity contribution in [2.45, 2.75) is 20.4 Å². The summed E-state index contributed by atoms with van der Waals surface area (Å²) >= 11 is 0. The molecule has 2 heterocycles. The van der Waals surface area contributed by atoms with E-state index in [-0.39, 0.29) is 5.56 Å². The molecule has 2 aromatic rings. The first-order valence-electron chi connectivity index (χ1n) is 4.88. The van der Waals surface area contributed by atoms with E-state index in [1.807, 2.05) is 13.8 Å². The molecule has 2 N–H and O–H groups in total. The van der Waals surface area contributed by atoms with Gasteiger partial charge in [0.2, 0.25) is 0 Å². The average Bonchev–Trinajstić information content (AvgIpc) is 2.58. The van der Waals surface area contributed by atoms with E-state index >= 15 is 0 Å². The van der Waals surface area contributed by atoms with E-state index in [2.05, 4.69) is 20.4 Å². The Morgan fingerprint density at radius 2 is 2.31 bits per heavy atom. The van der Waals surface area contributed by atoms with Gasteiger partial charge >= 0.3 is 0 Å². The lowest BCUT2D eigenvalue weighted by molar-refractivity contribution is 0.392. The first-order chi connectivity index (χ1) is 7.68. The molecule has 0 saturated carbocycles. The Hall–Kier alpha value is -2.11. The molecule has 0 bridgehead atoms. The van der Waals surface area contributed by atoms with E-state index in [4.69, 9.17) is 4.52 Å². The van der Waals surface area contributed by atoms with Gasteiger partial charge in [0.05, 0.1) is 5.69 Å². The lowest BCUT2D eigenvalue weighted by atomic mass is 10.2. The minimum atomic E-state index is -0.241. The van der Waals surface area contributed by atoms with Gasteiger partial charge in [-0.25, -0.2) is 4.98 Å². The minimum absolute atomic E-state index is 0.241. The number of hydrogen-bond acceptors (Lipinski definition) is 5. The number of aromatic nitrogens is 3. The van der Waals surface area contributed by atoms with Crippen molar-refractivity contribution in [3.05, 3.63) is 39.8 Å². The Labute approximate surface area is 91.7 Å². The van der Waals surface area contributed by atoms with Crippen LogP contribution in [0.4, 0.5) is 5.82 Å². The summed E-state index contributed by atoms with van der Waals surface area (Å²) in [5.41, 5.74) is 1.52. The molecule has 0 unspecified atom stereocenters. The van der Waals surface area contributed by atoms with Crippen LogP contribution in [0.25, 0.3) is 0 Å². The Morgan fingerprint density at radius 3 is 2.94 bits per heavy atom. The summed E-state index contributed by atoms with van der Waals surface area (Å²) in [6.07, 6.45) is 3.01. The van der Waals surface area contributed by atoms with Crippen molar-refractivity contribution in [3.8, 4) is 0 Å². The van der Waals surface area contributed by atoms with Gasteiger partial charge in [-0.05, 0) is 13.8 Å². The van der Waals surface area contributed by atoms with Crippen LogP contribution in [0.3, 0.4) is 0 Å². The second kappa shape index (κ2) is 4.18. The molecule has 2 rings (SSSR count). The molecule has 6 nitrogen and oxygen atoms in total. The van der Waals surface area contributed by atoms with Gasteiger partial charge in [-0.1, -0.05) is 5.16 Å². The molecule has 2 aromatic heterocycles. The quantitative estimate of drug-likeness (QED) is 0.805. The molecule has 0 aliphatic carbocycles. The number of nitrogens with zero attached hydrogens (tertiary/aromatic N) is 2. The van der Waals surface area contributed by atoms with Crippen molar-refractivity contribution < 1.29 is 4.52 Å². The number of anilines is 1. The van der Waals surface area contributed by atoms with E-state index in [1.54, 1.807) is 0 Å². The summed E-state index contributed by atoms with van der Waals surface area (Å²) in [5.74, 6) is 1.04. The SMILES string of the molecule is Cc1noc(C)c1CNc1ncc[nH]c1=O. The smallest absolute Gasteiger partial charge is 0.290 e. The predicted octanol–water partition coefficient (Wildman–Crippen LogP) is 0.987. The van der Waals surface area contributed by atoms with Crippen molar-refractivity contribution in [2.75, 3.05) is 5.32 Å². The number of H-pyrrole nitrogens is 1. The fourth-order valence-electron chi connectivity index (χ4n) is 1.40. The monoisotopic (exact) mass is 220 g/mol. The molecule has 0 radical (unpaired) electrons. The minimum Gasteiger partial charge on any atom is -0.361 e. The number of hydrogen-bond donors (Lipinski definition) is 2. The summed E-state index contributed by atoms with van der Waals surface area (Å²) < 4.78 is 5.02. The molecule has 0 saturated heterocycles. The van der Waals surface area contributed by atoms with E-state index in [0.717, 1.165) is 17.0 Å². The lowest BCUT2D eigenvalue weighted by Crippen LogP contribution is -2.15. The van der Waals surface area contributed by atoms with Gasteiger partial charge in [0.15, 0.2) is 5.82 Å². The topological polar surface area (TPSA) is 83.8 Å². The molecule has 0 fully saturated rings. The molecule has 0 amide bonds. The van der Waals surface area contributed by atoms with Gasteiger partial charge in [0.1, 0.15) is 5.76 Å². The highest BCUT2D eigenvalue weighted by Gasteiger charge is 2.09. The molecule has 0 aliphatic rings. The van der Waals surface area contributed by atoms with Crippen LogP contribution in [0.5, 0.6) is 0 Å². The van der Waals surface area contributed by atoms with Crippen molar-refractivity contribution in [1.29, 1.82) is 0 Å². The number of aromatic amines is 1. The van der Waals surface area contributed by atoms with E-state index in [9.17, 15) is 4.79 Å². The predicted molar refractivity (Wildman–Crippen MR) is 58.2 cm³/mol. The maximum absolute atomic E-state index is 11.3. The molecule has 0 atom stereocenters. The standard InChI is InChI=1S/C10H12N4O2/c1-6-8(7(2)16-14-6)5-13-9-10(15)12-4-3-11-9/h3-4H,5H2,1-2H3,(H,11,13)(H,12,15). The molecule has 0 aromatic carbocycles. The zero-order chi connectivity index (χ0) is 11.5. The molecule has 0 spiro atoms. The molecular formula is C10H12N4O2. The van der Waals surface area contributed by atoms with E-state index in [0.29, 0.717) is 12.4 Å². The van der Waals surface area contributed by atoms with Crippen LogP contribution in [0, 0.1) is 13.8 Å². The highest BCUT2D eigenvalue weighted by atomic mass is 16.5. The normalized spacial score (nSPS) is 10.4. The van der Waals surface area contributed by atoms with Crippen molar-refractivity contribution in [1.82, 2.24) is 15.1 Å². The summed E-state index contributed by atoms with van der Waals surface area (Å²) in [4.78, 5) is 17.8. The zero-order valence-corrected chi connectivity index (χ0v) is 9.07. The number of aryl methyl sites for hydroxylation is 2. The van der Waals surface area contributed by atoms with Crippen LogP contribution >= 0.6 is 0 Å². The third-order valence-electron chi connectivity index (χ3n) is 2.32. The largest absolute Gasteiger partial charge is 0.361 e. The van der Waals surface area contributed by atoms with Crippen LogP contribution in [0.2, 0.25) is 0 Å². The van der Waals surface area contributed by atoms with Gasteiger partial charge in [-0.15, -0.1) is 0 Å². The molecule has 84 valence electrons. The number of rotatable bonds is 3. The van der Waals surface area contributed by atoms with Gasteiger partial charge in [-0.3, -0.25) is 4.79 Å². The Kier molecular flexibility index (Phi) is 2.72. The molecular weight excluding hydrogens is 208 g/mol. The summed E-state index contributed by atoms with van der Waals surface area (Å²) in [6.45, 7) is 4.16. The maximum atomic E-state index is 11.3. The lowest BCUT2D eigenvalue weighted by Gasteiger charge is -2.03. The highest BCUT2D eigenvalue weighted by Crippen LogP contribution is 2.12. The zero-order valence-electron chi connectivity index (χ0n) is 9.07. The Balaban J connectivity index is 2.14. The Morgan fingerprint density at radius 1 is 1.50 bits per heavy atom. The highest BCUT2D eigenvalue weighted by molar-refractivity contribution is 5.33. The fraction of sp³-hybridized carbons (Fsp3) is 0.300. The van der Waals surface area contributed by atoms with Crippen LogP contribution in [0.1, 0.15) is 17.0 Å². The van der Waals surface area contributed by atoms with Gasteiger partial charge < -0.3 is 14.8 Å². The second-order valence-corrected chi connectivity index (χ2v) is 3.42. The van der Waals surface area contributed by atoms with Gasteiger partial charge in [-0.2, -0.15) is 0 Å². The van der Waals surface area contributed by atoms with E-state index < -0.39 is 0 Å². The van der Waals surface area contributed by atoms with E-state index in [1.165, 1.54) is 12.4 Å². The van der Waals surface area contributed by atoms with Crippen molar-refractivity contribution in [2.24, 2.45) is 0 Å². The maximum Gasteiger partial charge on any atom is 0.290 e. The average molecular weight is 220 g/mol. The molecule has 0 aliphatic heterocycles. The van der Waals surface area contributed by atoms with Crippen molar-refractivity contribution >= 4 is 5.82 Å². The van der Waals surface area contributed by atoms with Gasteiger partial charge in [0, 0.05) is 24.5 Å². The Bertz CT molecular complexity index is 524. The van der Waals surface area contributed by atoms with Gasteiger partial charge in [0.25, 0.3) is 5.56 Å². The van der Waals surface area contributed by atoms with Crippen molar-refractivity contribution in [3.63, 3.8) is 0 Å². The van der Waals surface area contributed by atoms with Crippen LogP contribution in [-0.2, 0) is 6.54 Å². The summed E-state index contributed by atoms with van der Waals surface area (Å²) in [6, 6.07) is 0. The molecule has 6 heteroatoms. The fourth-order valence-corrected chi connectivity index (χ4v) is 1.40. The van der Waals surface area contributed by atoms with Crippen LogP contribution in [0.15, 0.2) is 21.7 Å². The summed E-state index contributed by atoms with van der Waals surface area (Å²) in [7, 11) is 0.